The molecule has 2 atom stereocenters. The summed E-state index contributed by atoms with van der Waals surface area (Å²) in [6, 6.07) is -0.952. The first-order valence-corrected chi connectivity index (χ1v) is 8.58. The standard InChI is InChI=1S/C20H27NO4/c1-13-8-6-7-9-15(13)12-14(2)16-10-11-21(17(16)18(22)23)19(24)25-20(3,4)5/h6,8,12,16-17H,1-2,7,9-11H2,3-5H3,(H,22,23)/b15-12-/t16?,17-/m0/s1. The molecule has 1 unspecified atom stereocenters. The van der Waals surface area contributed by atoms with Gasteiger partial charge in [0, 0.05) is 12.5 Å². The second kappa shape index (κ2) is 7.30. The lowest BCUT2D eigenvalue weighted by Gasteiger charge is -2.28. The highest BCUT2D eigenvalue weighted by Gasteiger charge is 2.44. The molecule has 0 spiro atoms. The minimum Gasteiger partial charge on any atom is -0.480 e. The molecule has 2 rings (SSSR count). The Morgan fingerprint density at radius 1 is 1.40 bits per heavy atom. The number of rotatable bonds is 3. The van der Waals surface area contributed by atoms with E-state index < -0.39 is 23.7 Å². The summed E-state index contributed by atoms with van der Waals surface area (Å²) >= 11 is 0. The Bertz CT molecular complexity index is 651. The van der Waals surface area contributed by atoms with E-state index in [4.69, 9.17) is 4.74 Å². The Morgan fingerprint density at radius 2 is 2.08 bits per heavy atom. The van der Waals surface area contributed by atoms with Crippen molar-refractivity contribution in [2.24, 2.45) is 5.92 Å². The van der Waals surface area contributed by atoms with E-state index in [-0.39, 0.29) is 5.92 Å². The average Bonchev–Trinajstić information content (AvgIpc) is 2.93. The van der Waals surface area contributed by atoms with E-state index >= 15 is 0 Å². The molecule has 0 saturated carbocycles. The van der Waals surface area contributed by atoms with Gasteiger partial charge in [-0.05, 0) is 56.8 Å². The average molecular weight is 345 g/mol. The van der Waals surface area contributed by atoms with Crippen LogP contribution in [0.4, 0.5) is 4.79 Å². The molecule has 25 heavy (non-hydrogen) atoms. The third kappa shape index (κ3) is 4.62. The molecular weight excluding hydrogens is 318 g/mol. The molecule has 0 aromatic rings. The maximum absolute atomic E-state index is 12.4. The Balaban J connectivity index is 2.18. The van der Waals surface area contributed by atoms with Crippen molar-refractivity contribution < 1.29 is 19.4 Å². The third-order valence-corrected chi connectivity index (χ3v) is 4.43. The van der Waals surface area contributed by atoms with E-state index in [9.17, 15) is 14.7 Å². The molecule has 2 aliphatic rings. The smallest absolute Gasteiger partial charge is 0.411 e. The van der Waals surface area contributed by atoms with Crippen LogP contribution < -0.4 is 0 Å². The number of carboxylic acid groups (broad SMARTS) is 1. The molecular formula is C20H27NO4. The van der Waals surface area contributed by atoms with Gasteiger partial charge < -0.3 is 9.84 Å². The van der Waals surface area contributed by atoms with Crippen LogP contribution in [0.1, 0.15) is 40.0 Å². The number of amides is 1. The third-order valence-electron chi connectivity index (χ3n) is 4.43. The van der Waals surface area contributed by atoms with E-state index in [2.05, 4.69) is 19.2 Å². The van der Waals surface area contributed by atoms with Gasteiger partial charge in [-0.3, -0.25) is 4.90 Å². The maximum Gasteiger partial charge on any atom is 0.411 e. The normalized spacial score (nSPS) is 25.3. The molecule has 1 aliphatic heterocycles. The van der Waals surface area contributed by atoms with Crippen LogP contribution >= 0.6 is 0 Å². The Hall–Kier alpha value is -2.30. The molecule has 1 N–H and O–H groups in total. The summed E-state index contributed by atoms with van der Waals surface area (Å²) in [5.74, 6) is -1.36. The van der Waals surface area contributed by atoms with Gasteiger partial charge in [0.25, 0.3) is 0 Å². The molecule has 1 amide bonds. The van der Waals surface area contributed by atoms with Gasteiger partial charge >= 0.3 is 12.1 Å². The summed E-state index contributed by atoms with van der Waals surface area (Å²) in [4.78, 5) is 25.5. The number of aliphatic carboxylic acids is 1. The number of carbonyl (C=O) groups excluding carboxylic acids is 1. The van der Waals surface area contributed by atoms with Crippen LogP contribution in [0.25, 0.3) is 0 Å². The highest BCUT2D eigenvalue weighted by atomic mass is 16.6. The van der Waals surface area contributed by atoms with E-state index in [1.54, 1.807) is 20.8 Å². The van der Waals surface area contributed by atoms with Crippen molar-refractivity contribution in [3.05, 3.63) is 48.1 Å². The van der Waals surface area contributed by atoms with Crippen molar-refractivity contribution in [2.45, 2.75) is 51.7 Å². The molecule has 1 fully saturated rings. The summed E-state index contributed by atoms with van der Waals surface area (Å²) in [5.41, 5.74) is 2.07. The van der Waals surface area contributed by atoms with E-state index in [0.717, 1.165) is 29.6 Å². The lowest BCUT2D eigenvalue weighted by atomic mass is 9.88. The zero-order chi connectivity index (χ0) is 18.8. The largest absolute Gasteiger partial charge is 0.480 e. The summed E-state index contributed by atoms with van der Waals surface area (Å²) in [6.07, 6.45) is 7.75. The number of likely N-dealkylation sites (tertiary alicyclic amines) is 1. The van der Waals surface area contributed by atoms with Crippen molar-refractivity contribution in [2.75, 3.05) is 6.54 Å². The molecule has 1 saturated heterocycles. The highest BCUT2D eigenvalue weighted by molar-refractivity contribution is 5.82. The van der Waals surface area contributed by atoms with Crippen molar-refractivity contribution >= 4 is 12.1 Å². The van der Waals surface area contributed by atoms with Crippen molar-refractivity contribution in [1.82, 2.24) is 4.90 Å². The summed E-state index contributed by atoms with van der Waals surface area (Å²) < 4.78 is 5.35. The van der Waals surface area contributed by atoms with Crippen LogP contribution in [0.5, 0.6) is 0 Å². The van der Waals surface area contributed by atoms with Crippen molar-refractivity contribution in [3.8, 4) is 0 Å². The molecule has 1 aliphatic carbocycles. The minimum atomic E-state index is -1.03. The van der Waals surface area contributed by atoms with Gasteiger partial charge in [-0.1, -0.05) is 31.4 Å². The second-order valence-corrected chi connectivity index (χ2v) is 7.56. The van der Waals surface area contributed by atoms with Gasteiger partial charge in [0.1, 0.15) is 11.6 Å². The molecule has 0 radical (unpaired) electrons. The van der Waals surface area contributed by atoms with Crippen molar-refractivity contribution in [3.63, 3.8) is 0 Å². The number of hydrogen-bond acceptors (Lipinski definition) is 3. The van der Waals surface area contributed by atoms with Gasteiger partial charge in [0.15, 0.2) is 0 Å². The predicted octanol–water partition coefficient (Wildman–Crippen LogP) is 4.09. The van der Waals surface area contributed by atoms with Gasteiger partial charge in [0.2, 0.25) is 0 Å². The molecule has 5 nitrogen and oxygen atoms in total. The molecule has 136 valence electrons. The number of carbonyl (C=O) groups is 2. The van der Waals surface area contributed by atoms with E-state index in [1.165, 1.54) is 4.90 Å². The fraction of sp³-hybridized carbons (Fsp3) is 0.500. The quantitative estimate of drug-likeness (QED) is 0.837. The first-order valence-electron chi connectivity index (χ1n) is 8.58. The first kappa shape index (κ1) is 19.0. The van der Waals surface area contributed by atoms with Gasteiger partial charge in [0.05, 0.1) is 0 Å². The maximum atomic E-state index is 12.4. The van der Waals surface area contributed by atoms with Crippen LogP contribution in [0.2, 0.25) is 0 Å². The Kier molecular flexibility index (Phi) is 5.55. The summed E-state index contributed by atoms with van der Waals surface area (Å²) in [6.45, 7) is 13.7. The topological polar surface area (TPSA) is 66.8 Å². The highest BCUT2D eigenvalue weighted by Crippen LogP contribution is 2.34. The van der Waals surface area contributed by atoms with Crippen LogP contribution in [-0.2, 0) is 9.53 Å². The number of hydrogen-bond donors (Lipinski definition) is 1. The second-order valence-electron chi connectivity index (χ2n) is 7.56. The Morgan fingerprint density at radius 3 is 2.64 bits per heavy atom. The van der Waals surface area contributed by atoms with Crippen LogP contribution in [0, 0.1) is 5.92 Å². The summed E-state index contributed by atoms with van der Waals surface area (Å²) in [5, 5.41) is 9.67. The number of carboxylic acids is 1. The van der Waals surface area contributed by atoms with Gasteiger partial charge in [-0.2, -0.15) is 0 Å². The van der Waals surface area contributed by atoms with E-state index in [0.29, 0.717) is 13.0 Å². The predicted molar refractivity (Wildman–Crippen MR) is 97.2 cm³/mol. The van der Waals surface area contributed by atoms with Crippen LogP contribution in [0.15, 0.2) is 48.1 Å². The lowest BCUT2D eigenvalue weighted by Crippen LogP contribution is -2.45. The number of nitrogens with zero attached hydrogens (tertiary/aromatic N) is 1. The van der Waals surface area contributed by atoms with Gasteiger partial charge in [-0.15, -0.1) is 0 Å². The number of ether oxygens (including phenoxy) is 1. The van der Waals surface area contributed by atoms with Crippen LogP contribution in [0.3, 0.4) is 0 Å². The zero-order valence-electron chi connectivity index (χ0n) is 15.2. The Labute approximate surface area is 149 Å². The zero-order valence-corrected chi connectivity index (χ0v) is 15.2. The minimum absolute atomic E-state index is 0.323. The molecule has 0 bridgehead atoms. The fourth-order valence-corrected chi connectivity index (χ4v) is 3.24. The molecule has 1 heterocycles. The molecule has 0 aromatic heterocycles. The summed E-state index contributed by atoms with van der Waals surface area (Å²) in [7, 11) is 0. The monoisotopic (exact) mass is 345 g/mol. The van der Waals surface area contributed by atoms with Crippen molar-refractivity contribution in [1.29, 1.82) is 0 Å². The van der Waals surface area contributed by atoms with Gasteiger partial charge in [-0.25, -0.2) is 9.59 Å². The SMILES string of the molecule is C=C1C=CCC/C1=C/C(=C)C1CCN(C(=O)OC(C)(C)C)[C@@H]1C(=O)O. The first-order chi connectivity index (χ1) is 11.6. The fourth-order valence-electron chi connectivity index (χ4n) is 3.24. The van der Waals surface area contributed by atoms with Crippen LogP contribution in [-0.4, -0.2) is 40.3 Å². The molecule has 0 aromatic carbocycles. The molecule has 5 heteroatoms. The number of allylic oxidation sites excluding steroid dienone is 5. The van der Waals surface area contributed by atoms with E-state index in [1.807, 2.05) is 12.2 Å². The lowest BCUT2D eigenvalue weighted by molar-refractivity contribution is -0.143.